The van der Waals surface area contributed by atoms with Gasteiger partial charge in [-0.25, -0.2) is 0 Å². The number of para-hydroxylation sites is 2. The highest BCUT2D eigenvalue weighted by Gasteiger charge is 2.25. The molecule has 0 aromatic heterocycles. The molecule has 2 saturated heterocycles. The predicted molar refractivity (Wildman–Crippen MR) is 221 cm³/mol. The molecule has 0 aliphatic carbocycles. The third-order valence-corrected chi connectivity index (χ3v) is 13.1. The minimum atomic E-state index is 0.258. The number of aliphatic hydroxyl groups excluding tert-OH is 1. The van der Waals surface area contributed by atoms with E-state index in [4.69, 9.17) is 28.3 Å². The highest BCUT2D eigenvalue weighted by Crippen LogP contribution is 2.50. The summed E-state index contributed by atoms with van der Waals surface area (Å²) in [4.78, 5) is 20.0. The van der Waals surface area contributed by atoms with Crippen molar-refractivity contribution < 1.29 is 5.11 Å². The van der Waals surface area contributed by atoms with Crippen molar-refractivity contribution in [1.82, 2.24) is 19.6 Å². The van der Waals surface area contributed by atoms with Crippen LogP contribution in [0.3, 0.4) is 0 Å². The average molecular weight is 778 g/mol. The third kappa shape index (κ3) is 9.43. The smallest absolute Gasteiger partial charge is 0.0567 e. The van der Waals surface area contributed by atoms with Crippen molar-refractivity contribution in [2.45, 2.75) is 32.4 Å². The fraction of sp³-hybridized carbons (Fsp3) is 0.415. The van der Waals surface area contributed by atoms with E-state index in [0.717, 1.165) is 81.8 Å². The molecule has 4 aliphatic rings. The molecule has 2 fully saturated rings. The van der Waals surface area contributed by atoms with Crippen molar-refractivity contribution in [2.24, 2.45) is 0 Å². The molecule has 1 N–H and O–H groups in total. The Morgan fingerprint density at radius 3 is 1.37 bits per heavy atom. The number of piperazine rings is 2. The maximum Gasteiger partial charge on any atom is 0.0567 e. The first kappa shape index (κ1) is 37.9. The lowest BCUT2D eigenvalue weighted by molar-refractivity contribution is 0.112. The van der Waals surface area contributed by atoms with E-state index in [1.807, 2.05) is 35.7 Å². The number of likely N-dealkylation sites (N-methyl/N-ethyl adjacent to an activating group) is 1. The number of rotatable bonds is 10. The predicted octanol–water partition coefficient (Wildman–Crippen LogP) is 8.52. The third-order valence-electron chi connectivity index (χ3n) is 10.4. The van der Waals surface area contributed by atoms with Crippen LogP contribution in [0.2, 0.25) is 10.0 Å². The Kier molecular flexibility index (Phi) is 13.3. The maximum absolute atomic E-state index is 9.08. The molecule has 0 amide bonds. The molecule has 8 rings (SSSR count). The van der Waals surface area contributed by atoms with Gasteiger partial charge in [0.15, 0.2) is 0 Å². The van der Waals surface area contributed by atoms with Gasteiger partial charge in [0.1, 0.15) is 0 Å². The zero-order valence-corrected chi connectivity index (χ0v) is 33.2. The van der Waals surface area contributed by atoms with E-state index >= 15 is 0 Å². The average Bonchev–Trinajstić information content (AvgIpc) is 3.16. The lowest BCUT2D eigenvalue weighted by atomic mass is 10.2. The molecule has 4 aliphatic heterocycles. The molecular weight excluding hydrogens is 728 g/mol. The molecule has 0 unspecified atom stereocenters. The molecule has 0 radical (unpaired) electrons. The van der Waals surface area contributed by atoms with Gasteiger partial charge >= 0.3 is 0 Å². The summed E-state index contributed by atoms with van der Waals surface area (Å²) < 4.78 is 0. The molecule has 11 heteroatoms. The SMILES string of the molecule is CN1CCN(CCCN2c3ccccc3Sc3ccc(Cl)cc32)CC1.OCCN1CCN(CCCN2c3ccccc3Sc3ccc(Cl)cc32)CC1. The first-order chi connectivity index (χ1) is 25.4. The van der Waals surface area contributed by atoms with E-state index in [9.17, 15) is 0 Å². The first-order valence-electron chi connectivity index (χ1n) is 18.6. The van der Waals surface area contributed by atoms with Crippen molar-refractivity contribution in [2.75, 3.05) is 109 Å². The van der Waals surface area contributed by atoms with Gasteiger partial charge in [-0.15, -0.1) is 0 Å². The van der Waals surface area contributed by atoms with Crippen molar-refractivity contribution in [3.8, 4) is 0 Å². The number of anilines is 4. The Balaban J connectivity index is 0.000000162. The normalized spacial score (nSPS) is 17.8. The van der Waals surface area contributed by atoms with Crippen molar-refractivity contribution >= 4 is 69.5 Å². The molecular formula is C41H50Cl2N6OS2. The summed E-state index contributed by atoms with van der Waals surface area (Å²) in [6.07, 6.45) is 2.28. The fourth-order valence-electron chi connectivity index (χ4n) is 7.44. The molecule has 7 nitrogen and oxygen atoms in total. The van der Waals surface area contributed by atoms with Crippen LogP contribution < -0.4 is 9.80 Å². The van der Waals surface area contributed by atoms with Crippen molar-refractivity contribution in [3.05, 3.63) is 95.0 Å². The van der Waals surface area contributed by atoms with Crippen LogP contribution in [0, 0.1) is 0 Å². The van der Waals surface area contributed by atoms with Gasteiger partial charge in [-0.3, -0.25) is 4.90 Å². The van der Waals surface area contributed by atoms with Crippen LogP contribution in [0.4, 0.5) is 22.7 Å². The number of nitrogens with zero attached hydrogens (tertiary/aromatic N) is 6. The quantitative estimate of drug-likeness (QED) is 0.171. The summed E-state index contributed by atoms with van der Waals surface area (Å²) in [6.45, 7) is 14.4. The fourth-order valence-corrected chi connectivity index (χ4v) is 9.93. The lowest BCUT2D eigenvalue weighted by Gasteiger charge is -2.36. The van der Waals surface area contributed by atoms with Gasteiger partial charge in [0.25, 0.3) is 0 Å². The number of fused-ring (bicyclic) bond motifs is 4. The monoisotopic (exact) mass is 776 g/mol. The van der Waals surface area contributed by atoms with Gasteiger partial charge in [0, 0.05) is 102 Å². The standard InChI is InChI=1S/C21H26ClN3OS.C20H24ClN3S/c22-17-6-7-21-19(16-17)25(18-4-1-2-5-20(18)27-21)9-3-8-23-10-12-24(13-11-23)14-15-26;1-22-11-13-23(14-12-22)9-4-10-24-17-5-2-3-6-19(17)25-20-8-7-16(21)15-18(20)24/h1-2,4-7,16,26H,3,8-15H2;2-3,5-8,15H,4,9-14H2,1H3. The van der Waals surface area contributed by atoms with Crippen molar-refractivity contribution in [3.63, 3.8) is 0 Å². The summed E-state index contributed by atoms with van der Waals surface area (Å²) in [6, 6.07) is 29.8. The van der Waals surface area contributed by atoms with E-state index < -0.39 is 0 Å². The molecule has 4 aromatic carbocycles. The summed E-state index contributed by atoms with van der Waals surface area (Å²) >= 11 is 16.3. The molecule has 4 aromatic rings. The highest BCUT2D eigenvalue weighted by atomic mass is 35.5. The van der Waals surface area contributed by atoms with Crippen LogP contribution in [-0.4, -0.2) is 123 Å². The first-order valence-corrected chi connectivity index (χ1v) is 21.0. The Morgan fingerprint density at radius 1 is 0.500 bits per heavy atom. The van der Waals surface area contributed by atoms with Crippen LogP contribution in [0.1, 0.15) is 12.8 Å². The lowest BCUT2D eigenvalue weighted by Crippen LogP contribution is -2.47. The van der Waals surface area contributed by atoms with Crippen LogP contribution >= 0.6 is 46.7 Å². The Hall–Kier alpha value is -2.44. The number of halogens is 2. The minimum absolute atomic E-state index is 0.258. The van der Waals surface area contributed by atoms with Crippen LogP contribution in [-0.2, 0) is 0 Å². The van der Waals surface area contributed by atoms with Crippen molar-refractivity contribution in [1.29, 1.82) is 0 Å². The molecule has 4 heterocycles. The Bertz CT molecular complexity index is 1780. The Morgan fingerprint density at radius 2 is 0.904 bits per heavy atom. The zero-order valence-electron chi connectivity index (χ0n) is 30.1. The number of hydrogen-bond donors (Lipinski definition) is 1. The zero-order chi connectivity index (χ0) is 35.9. The van der Waals surface area contributed by atoms with E-state index in [1.165, 1.54) is 68.5 Å². The second-order valence-electron chi connectivity index (χ2n) is 13.9. The van der Waals surface area contributed by atoms with E-state index in [2.05, 4.69) is 109 Å². The molecule has 276 valence electrons. The van der Waals surface area contributed by atoms with Crippen LogP contribution in [0.25, 0.3) is 0 Å². The van der Waals surface area contributed by atoms with Gasteiger partial charge in [-0.1, -0.05) is 71.0 Å². The largest absolute Gasteiger partial charge is 0.395 e. The maximum atomic E-state index is 9.08. The molecule has 0 atom stereocenters. The summed E-state index contributed by atoms with van der Waals surface area (Å²) in [5, 5.41) is 10.7. The van der Waals surface area contributed by atoms with E-state index in [-0.39, 0.29) is 6.61 Å². The van der Waals surface area contributed by atoms with Gasteiger partial charge in [0.2, 0.25) is 0 Å². The number of β-amino-alcohol motifs (C(OH)–C–C–N with tert-alkyl or cyclic N) is 1. The number of benzene rings is 4. The number of aliphatic hydroxyl groups is 1. The summed E-state index contributed by atoms with van der Waals surface area (Å²) in [7, 11) is 2.21. The van der Waals surface area contributed by atoms with E-state index in [0.29, 0.717) is 0 Å². The number of hydrogen-bond acceptors (Lipinski definition) is 9. The highest BCUT2D eigenvalue weighted by molar-refractivity contribution is 8.00. The second-order valence-corrected chi connectivity index (χ2v) is 17.0. The molecule has 52 heavy (non-hydrogen) atoms. The van der Waals surface area contributed by atoms with Gasteiger partial charge in [0.05, 0.1) is 29.4 Å². The van der Waals surface area contributed by atoms with Crippen LogP contribution in [0.5, 0.6) is 0 Å². The van der Waals surface area contributed by atoms with Gasteiger partial charge < -0.3 is 29.6 Å². The minimum Gasteiger partial charge on any atom is -0.395 e. The second kappa shape index (κ2) is 18.3. The summed E-state index contributed by atoms with van der Waals surface area (Å²) in [5.74, 6) is 0. The van der Waals surface area contributed by atoms with E-state index in [1.54, 1.807) is 0 Å². The van der Waals surface area contributed by atoms with Gasteiger partial charge in [-0.2, -0.15) is 0 Å². The topological polar surface area (TPSA) is 39.7 Å². The molecule has 0 bridgehead atoms. The van der Waals surface area contributed by atoms with Gasteiger partial charge in [-0.05, 0) is 93.6 Å². The van der Waals surface area contributed by atoms with Crippen LogP contribution in [0.15, 0.2) is 105 Å². The molecule has 0 saturated carbocycles. The summed E-state index contributed by atoms with van der Waals surface area (Å²) in [5.41, 5.74) is 5.05. The molecule has 0 spiro atoms. The Labute approximate surface area is 328 Å².